The number of nitrogen functional groups attached to an aromatic ring is 1. The van der Waals surface area contributed by atoms with Crippen molar-refractivity contribution in [2.45, 2.75) is 32.5 Å². The Morgan fingerprint density at radius 1 is 1.17 bits per heavy atom. The van der Waals surface area contributed by atoms with Crippen LogP contribution in [0.3, 0.4) is 0 Å². The number of piperazine rings is 1. The molecule has 1 aliphatic rings. The van der Waals surface area contributed by atoms with E-state index in [2.05, 4.69) is 10.1 Å². The van der Waals surface area contributed by atoms with Gasteiger partial charge in [-0.1, -0.05) is 6.07 Å². The number of nitrogens with two attached hydrogens (primary N) is 1. The first-order valence-corrected chi connectivity index (χ1v) is 10.4. The third-order valence-corrected chi connectivity index (χ3v) is 6.07. The van der Waals surface area contributed by atoms with Crippen molar-refractivity contribution < 1.29 is 32.7 Å². The second-order valence-electron chi connectivity index (χ2n) is 8.57. The van der Waals surface area contributed by atoms with Gasteiger partial charge in [-0.3, -0.25) is 9.59 Å². The number of alkyl halides is 3. The van der Waals surface area contributed by atoms with Crippen LogP contribution in [0.2, 0.25) is 0 Å². The first-order chi connectivity index (χ1) is 16.2. The summed E-state index contributed by atoms with van der Waals surface area (Å²) in [5.41, 5.74) is 2.87. The highest BCUT2D eigenvalue weighted by Crippen LogP contribution is 2.40. The van der Waals surface area contributed by atoms with Gasteiger partial charge < -0.3 is 20.6 Å². The first-order valence-electron chi connectivity index (χ1n) is 10.4. The number of fused-ring (bicyclic) bond motifs is 1. The zero-order valence-electron chi connectivity index (χ0n) is 18.9. The minimum absolute atomic E-state index is 0.00337. The number of nitrogens with zero attached hydrogens (tertiary/aromatic N) is 5. The monoisotopic (exact) mass is 490 g/mol. The molecule has 0 aliphatic carbocycles. The van der Waals surface area contributed by atoms with E-state index in [9.17, 15) is 32.7 Å². The Balaban J connectivity index is 1.91. The molecule has 4 rings (SSSR count). The van der Waals surface area contributed by atoms with E-state index in [-0.39, 0.29) is 47.3 Å². The molecular formula is C22H21F3N6O4. The Morgan fingerprint density at radius 2 is 1.86 bits per heavy atom. The lowest BCUT2D eigenvalue weighted by Gasteiger charge is -2.45. The molecular weight excluding hydrogens is 469 g/mol. The molecule has 1 aromatic carbocycles. The Hall–Kier alpha value is -4.16. The normalized spacial score (nSPS) is 16.1. The molecule has 0 bridgehead atoms. The summed E-state index contributed by atoms with van der Waals surface area (Å²) in [6.45, 7) is 4.57. The first kappa shape index (κ1) is 24.0. The zero-order valence-corrected chi connectivity index (χ0v) is 18.9. The standard InChI is InChI=1S/C22H21F3N6O4/c1-11(32)30-7-6-29(20(35)21(30,2)3)16-8-12(4-5-13(16)19(33)34)15-9-14(22(23,24)25)17-18(26)27-10-28-31(15)17/h4-5,8-10H,6-7H2,1-3H3,(H,33,34)(H2,26,27,28). The van der Waals surface area contributed by atoms with Gasteiger partial charge in [-0.25, -0.2) is 14.3 Å². The van der Waals surface area contributed by atoms with Crippen molar-refractivity contribution in [2.75, 3.05) is 23.7 Å². The Labute approximate surface area is 196 Å². The SMILES string of the molecule is CC(=O)N1CCN(c2cc(-c3cc(C(F)(F)F)c4c(N)ncnn34)ccc2C(=O)O)C(=O)C1(C)C. The fraction of sp³-hybridized carbons (Fsp3) is 0.318. The van der Waals surface area contributed by atoms with E-state index in [4.69, 9.17) is 5.73 Å². The van der Waals surface area contributed by atoms with Crippen molar-refractivity contribution in [3.05, 3.63) is 41.7 Å². The predicted molar refractivity (Wildman–Crippen MR) is 119 cm³/mol. The van der Waals surface area contributed by atoms with E-state index in [0.717, 1.165) is 16.9 Å². The molecule has 3 heterocycles. The number of carbonyl (C=O) groups is 3. The summed E-state index contributed by atoms with van der Waals surface area (Å²) < 4.78 is 42.1. The summed E-state index contributed by atoms with van der Waals surface area (Å²) >= 11 is 0. The van der Waals surface area contributed by atoms with E-state index in [1.165, 1.54) is 34.9 Å². The van der Waals surface area contributed by atoms with Gasteiger partial charge in [0.1, 0.15) is 17.4 Å². The molecule has 35 heavy (non-hydrogen) atoms. The van der Waals surface area contributed by atoms with Gasteiger partial charge in [0, 0.05) is 25.6 Å². The molecule has 2 amide bonds. The number of hydrogen-bond donors (Lipinski definition) is 2. The molecule has 1 saturated heterocycles. The van der Waals surface area contributed by atoms with Crippen molar-refractivity contribution in [3.63, 3.8) is 0 Å². The zero-order chi connectivity index (χ0) is 25.9. The fourth-order valence-corrected chi connectivity index (χ4v) is 4.39. The Kier molecular flexibility index (Phi) is 5.45. The van der Waals surface area contributed by atoms with Crippen molar-refractivity contribution >= 4 is 34.8 Å². The summed E-state index contributed by atoms with van der Waals surface area (Å²) in [7, 11) is 0. The van der Waals surface area contributed by atoms with Gasteiger partial charge in [0.2, 0.25) is 5.91 Å². The average Bonchev–Trinajstić information content (AvgIpc) is 3.16. The highest BCUT2D eigenvalue weighted by molar-refractivity contribution is 6.07. The largest absolute Gasteiger partial charge is 0.478 e. The molecule has 10 nitrogen and oxygen atoms in total. The molecule has 1 aliphatic heterocycles. The number of rotatable bonds is 3. The lowest BCUT2D eigenvalue weighted by atomic mass is 9.95. The molecule has 3 N–H and O–H groups in total. The van der Waals surface area contributed by atoms with Crippen LogP contribution >= 0.6 is 0 Å². The summed E-state index contributed by atoms with van der Waals surface area (Å²) in [5.74, 6) is -2.54. The maximum atomic E-state index is 13.7. The number of anilines is 2. The van der Waals surface area contributed by atoms with Gasteiger partial charge in [-0.15, -0.1) is 0 Å². The molecule has 3 aromatic rings. The van der Waals surface area contributed by atoms with Crippen LogP contribution in [0.25, 0.3) is 16.8 Å². The van der Waals surface area contributed by atoms with Gasteiger partial charge in [0.25, 0.3) is 5.91 Å². The van der Waals surface area contributed by atoms with Crippen LogP contribution in [0, 0.1) is 0 Å². The second kappa shape index (κ2) is 7.96. The summed E-state index contributed by atoms with van der Waals surface area (Å²) in [6, 6.07) is 4.71. The van der Waals surface area contributed by atoms with Crippen LogP contribution in [0.15, 0.2) is 30.6 Å². The Bertz CT molecular complexity index is 1380. The van der Waals surface area contributed by atoms with Gasteiger partial charge in [0.05, 0.1) is 22.5 Å². The van der Waals surface area contributed by atoms with Crippen LogP contribution in [-0.2, 0) is 15.8 Å². The summed E-state index contributed by atoms with van der Waals surface area (Å²) in [6.07, 6.45) is -3.75. The molecule has 0 saturated carbocycles. The lowest BCUT2D eigenvalue weighted by molar-refractivity contribution is -0.145. The number of amides is 2. The summed E-state index contributed by atoms with van der Waals surface area (Å²) in [5, 5.41) is 13.6. The van der Waals surface area contributed by atoms with Crippen molar-refractivity contribution in [2.24, 2.45) is 0 Å². The maximum Gasteiger partial charge on any atom is 0.418 e. The maximum absolute atomic E-state index is 13.7. The van der Waals surface area contributed by atoms with Crippen LogP contribution in [-0.4, -0.2) is 61.0 Å². The third-order valence-electron chi connectivity index (χ3n) is 6.07. The van der Waals surface area contributed by atoms with Crippen LogP contribution in [0.4, 0.5) is 24.7 Å². The lowest BCUT2D eigenvalue weighted by Crippen LogP contribution is -2.64. The van der Waals surface area contributed by atoms with Crippen molar-refractivity contribution in [3.8, 4) is 11.3 Å². The topological polar surface area (TPSA) is 134 Å². The van der Waals surface area contributed by atoms with Crippen molar-refractivity contribution in [1.29, 1.82) is 0 Å². The highest BCUT2D eigenvalue weighted by Gasteiger charge is 2.44. The Morgan fingerprint density at radius 3 is 2.46 bits per heavy atom. The quantitative estimate of drug-likeness (QED) is 0.577. The van der Waals surface area contributed by atoms with Gasteiger partial charge in [-0.2, -0.15) is 18.3 Å². The van der Waals surface area contributed by atoms with Gasteiger partial charge in [0.15, 0.2) is 5.82 Å². The molecule has 13 heteroatoms. The van der Waals surface area contributed by atoms with E-state index in [1.54, 1.807) is 13.8 Å². The number of aromatic nitrogens is 3. The second-order valence-corrected chi connectivity index (χ2v) is 8.57. The van der Waals surface area contributed by atoms with E-state index in [1.807, 2.05) is 0 Å². The smallest absolute Gasteiger partial charge is 0.418 e. The number of benzene rings is 1. The predicted octanol–water partition coefficient (Wildman–Crippen LogP) is 2.67. The molecule has 2 aromatic heterocycles. The summed E-state index contributed by atoms with van der Waals surface area (Å²) in [4.78, 5) is 43.5. The van der Waals surface area contributed by atoms with E-state index in [0.29, 0.717) is 0 Å². The molecule has 0 atom stereocenters. The highest BCUT2D eigenvalue weighted by atomic mass is 19.4. The van der Waals surface area contributed by atoms with E-state index >= 15 is 0 Å². The number of carbonyl (C=O) groups excluding carboxylic acids is 2. The molecule has 1 fully saturated rings. The van der Waals surface area contributed by atoms with Gasteiger partial charge in [-0.05, 0) is 32.0 Å². The minimum atomic E-state index is -4.75. The average molecular weight is 490 g/mol. The number of carboxylic acid groups (broad SMARTS) is 1. The van der Waals surface area contributed by atoms with Crippen LogP contribution < -0.4 is 10.6 Å². The molecule has 0 spiro atoms. The molecule has 0 radical (unpaired) electrons. The number of halogens is 3. The molecule has 0 unspecified atom stereocenters. The number of hydrogen-bond acceptors (Lipinski definition) is 6. The van der Waals surface area contributed by atoms with E-state index < -0.39 is 34.7 Å². The fourth-order valence-electron chi connectivity index (χ4n) is 4.39. The third kappa shape index (κ3) is 3.82. The number of aromatic carboxylic acids is 1. The number of carboxylic acids is 1. The molecule has 184 valence electrons. The van der Waals surface area contributed by atoms with Crippen LogP contribution in [0.5, 0.6) is 0 Å². The minimum Gasteiger partial charge on any atom is -0.478 e. The van der Waals surface area contributed by atoms with Gasteiger partial charge >= 0.3 is 12.1 Å². The van der Waals surface area contributed by atoms with Crippen molar-refractivity contribution in [1.82, 2.24) is 19.5 Å². The van der Waals surface area contributed by atoms with Crippen LogP contribution in [0.1, 0.15) is 36.7 Å².